The summed E-state index contributed by atoms with van der Waals surface area (Å²) in [4.78, 5) is 14.9. The summed E-state index contributed by atoms with van der Waals surface area (Å²) in [6.07, 6.45) is 1.58. The molecule has 3 heterocycles. The highest BCUT2D eigenvalue weighted by atomic mass is 16.5. The van der Waals surface area contributed by atoms with E-state index in [-0.39, 0.29) is 11.8 Å². The van der Waals surface area contributed by atoms with Crippen molar-refractivity contribution in [2.75, 3.05) is 31.7 Å². The van der Waals surface area contributed by atoms with Crippen LogP contribution in [0.25, 0.3) is 5.65 Å². The number of carbonyl (C=O) groups is 1. The number of nitrogens with one attached hydrogen (secondary N) is 1. The maximum absolute atomic E-state index is 12.7. The van der Waals surface area contributed by atoms with Gasteiger partial charge in [0.2, 0.25) is 5.91 Å². The number of benzene rings is 1. The van der Waals surface area contributed by atoms with Gasteiger partial charge in [0.25, 0.3) is 0 Å². The fourth-order valence-corrected chi connectivity index (χ4v) is 3.86. The van der Waals surface area contributed by atoms with Crippen LogP contribution in [0.1, 0.15) is 31.2 Å². The molecule has 31 heavy (non-hydrogen) atoms. The molecule has 164 valence electrons. The molecule has 1 aromatic carbocycles. The molecule has 0 saturated carbocycles. The van der Waals surface area contributed by atoms with E-state index in [2.05, 4.69) is 25.5 Å². The lowest BCUT2D eigenvalue weighted by molar-refractivity contribution is -0.125. The molecule has 1 N–H and O–H groups in total. The summed E-state index contributed by atoms with van der Waals surface area (Å²) in [7, 11) is 1.62. The Morgan fingerprint density at radius 1 is 1.16 bits per heavy atom. The van der Waals surface area contributed by atoms with Crippen LogP contribution < -0.4 is 19.7 Å². The first-order chi connectivity index (χ1) is 15.1. The number of piperidine rings is 1. The molecule has 0 spiro atoms. The van der Waals surface area contributed by atoms with Gasteiger partial charge in [-0.05, 0) is 56.5 Å². The van der Waals surface area contributed by atoms with Crippen LogP contribution in [-0.4, -0.2) is 52.5 Å². The second-order valence-electron chi connectivity index (χ2n) is 7.61. The lowest BCUT2D eigenvalue weighted by Gasteiger charge is -2.32. The van der Waals surface area contributed by atoms with Crippen molar-refractivity contribution in [3.8, 4) is 11.5 Å². The van der Waals surface area contributed by atoms with E-state index in [1.165, 1.54) is 0 Å². The zero-order valence-corrected chi connectivity index (χ0v) is 18.2. The number of aromatic nitrogens is 4. The van der Waals surface area contributed by atoms with E-state index in [4.69, 9.17) is 9.47 Å². The number of aryl methyl sites for hydroxylation is 1. The van der Waals surface area contributed by atoms with Gasteiger partial charge in [0.1, 0.15) is 5.82 Å². The van der Waals surface area contributed by atoms with Gasteiger partial charge in [-0.15, -0.1) is 15.3 Å². The van der Waals surface area contributed by atoms with E-state index in [9.17, 15) is 4.79 Å². The predicted octanol–water partition coefficient (Wildman–Crippen LogP) is 2.37. The van der Waals surface area contributed by atoms with Crippen molar-refractivity contribution in [3.05, 3.63) is 41.7 Å². The minimum Gasteiger partial charge on any atom is -0.493 e. The van der Waals surface area contributed by atoms with Gasteiger partial charge in [0, 0.05) is 25.6 Å². The lowest BCUT2D eigenvalue weighted by atomic mass is 9.96. The Bertz CT molecular complexity index is 1060. The van der Waals surface area contributed by atoms with E-state index in [1.807, 2.05) is 44.2 Å². The van der Waals surface area contributed by atoms with Crippen molar-refractivity contribution in [1.82, 2.24) is 25.1 Å². The summed E-state index contributed by atoms with van der Waals surface area (Å²) in [6.45, 7) is 6.43. The first kappa shape index (κ1) is 20.9. The standard InChI is InChI=1S/C22H28N6O3/c1-4-31-18-6-5-16(13-19(18)30-3)14-23-22(29)17-9-11-27(12-10-17)21-8-7-20-25-24-15(2)28(20)26-21/h5-8,13,17H,4,9-12,14H2,1-3H3,(H,23,29). The monoisotopic (exact) mass is 424 g/mol. The third-order valence-electron chi connectivity index (χ3n) is 5.59. The van der Waals surface area contributed by atoms with Crippen LogP contribution in [0.15, 0.2) is 30.3 Å². The maximum Gasteiger partial charge on any atom is 0.223 e. The molecule has 1 amide bonds. The van der Waals surface area contributed by atoms with E-state index in [1.54, 1.807) is 11.6 Å². The molecule has 1 fully saturated rings. The summed E-state index contributed by atoms with van der Waals surface area (Å²) < 4.78 is 12.7. The van der Waals surface area contributed by atoms with E-state index in [0.717, 1.165) is 48.8 Å². The van der Waals surface area contributed by atoms with Crippen molar-refractivity contribution in [1.29, 1.82) is 0 Å². The summed E-state index contributed by atoms with van der Waals surface area (Å²) in [5.41, 5.74) is 1.72. The third-order valence-corrected chi connectivity index (χ3v) is 5.59. The number of nitrogens with zero attached hydrogens (tertiary/aromatic N) is 5. The topological polar surface area (TPSA) is 93.9 Å². The van der Waals surface area contributed by atoms with Crippen molar-refractivity contribution in [2.24, 2.45) is 5.92 Å². The van der Waals surface area contributed by atoms with E-state index < -0.39 is 0 Å². The SMILES string of the molecule is CCOc1ccc(CNC(=O)C2CCN(c3ccc4nnc(C)n4n3)CC2)cc1OC. The lowest BCUT2D eigenvalue weighted by Crippen LogP contribution is -2.40. The zero-order chi connectivity index (χ0) is 21.8. The fraction of sp³-hybridized carbons (Fsp3) is 0.455. The van der Waals surface area contributed by atoms with E-state index >= 15 is 0 Å². The van der Waals surface area contributed by atoms with E-state index in [0.29, 0.717) is 24.7 Å². The van der Waals surface area contributed by atoms with Crippen LogP contribution in [0.4, 0.5) is 5.82 Å². The van der Waals surface area contributed by atoms with Crippen LogP contribution in [0.5, 0.6) is 11.5 Å². The number of ether oxygens (including phenoxy) is 2. The van der Waals surface area contributed by atoms with Crippen LogP contribution in [0, 0.1) is 12.8 Å². The Balaban J connectivity index is 1.31. The molecule has 3 aromatic rings. The first-order valence-corrected chi connectivity index (χ1v) is 10.6. The highest BCUT2D eigenvalue weighted by molar-refractivity contribution is 5.79. The molecule has 0 unspecified atom stereocenters. The van der Waals surface area contributed by atoms with Gasteiger partial charge in [0.05, 0.1) is 13.7 Å². The van der Waals surface area contributed by atoms with Crippen molar-refractivity contribution < 1.29 is 14.3 Å². The molecule has 1 aliphatic heterocycles. The Labute approximate surface area is 181 Å². The molecule has 0 radical (unpaired) electrons. The minimum atomic E-state index is 0.00113. The van der Waals surface area contributed by atoms with Crippen LogP contribution in [-0.2, 0) is 11.3 Å². The second kappa shape index (κ2) is 9.20. The second-order valence-corrected chi connectivity index (χ2v) is 7.61. The minimum absolute atomic E-state index is 0.00113. The highest BCUT2D eigenvalue weighted by Crippen LogP contribution is 2.28. The zero-order valence-electron chi connectivity index (χ0n) is 18.2. The summed E-state index contributed by atoms with van der Waals surface area (Å²) in [5.74, 6) is 3.12. The molecule has 0 atom stereocenters. The number of hydrogen-bond acceptors (Lipinski definition) is 7. The molecule has 0 bridgehead atoms. The number of anilines is 1. The number of carbonyl (C=O) groups excluding carboxylic acids is 1. The van der Waals surface area contributed by atoms with Gasteiger partial charge in [-0.25, -0.2) is 0 Å². The molecular weight excluding hydrogens is 396 g/mol. The van der Waals surface area contributed by atoms with Crippen molar-refractivity contribution in [3.63, 3.8) is 0 Å². The number of rotatable bonds is 7. The fourth-order valence-electron chi connectivity index (χ4n) is 3.86. The summed E-state index contributed by atoms with van der Waals surface area (Å²) in [5, 5.41) is 15.8. The number of methoxy groups -OCH3 is 1. The molecule has 9 heteroatoms. The molecular formula is C22H28N6O3. The average molecular weight is 425 g/mol. The molecule has 0 aliphatic carbocycles. The van der Waals surface area contributed by atoms with Gasteiger partial charge in [0.15, 0.2) is 23.0 Å². The van der Waals surface area contributed by atoms with Gasteiger partial charge in [-0.2, -0.15) is 4.52 Å². The smallest absolute Gasteiger partial charge is 0.223 e. The average Bonchev–Trinajstić information content (AvgIpc) is 3.18. The van der Waals surface area contributed by atoms with Gasteiger partial charge in [-0.1, -0.05) is 6.07 Å². The number of hydrogen-bond donors (Lipinski definition) is 1. The van der Waals surface area contributed by atoms with Crippen LogP contribution >= 0.6 is 0 Å². The summed E-state index contributed by atoms with van der Waals surface area (Å²) >= 11 is 0. The quantitative estimate of drug-likeness (QED) is 0.622. The maximum atomic E-state index is 12.7. The Morgan fingerprint density at radius 2 is 1.97 bits per heavy atom. The van der Waals surface area contributed by atoms with Crippen molar-refractivity contribution in [2.45, 2.75) is 33.2 Å². The normalized spacial score (nSPS) is 14.6. The molecule has 2 aromatic heterocycles. The van der Waals surface area contributed by atoms with Crippen molar-refractivity contribution >= 4 is 17.4 Å². The first-order valence-electron chi connectivity index (χ1n) is 10.6. The molecule has 1 saturated heterocycles. The Hall–Kier alpha value is -3.36. The molecule has 9 nitrogen and oxygen atoms in total. The Kier molecular flexibility index (Phi) is 6.20. The highest BCUT2D eigenvalue weighted by Gasteiger charge is 2.26. The van der Waals surface area contributed by atoms with Gasteiger partial charge in [-0.3, -0.25) is 4.79 Å². The number of amides is 1. The molecule has 1 aliphatic rings. The predicted molar refractivity (Wildman–Crippen MR) is 116 cm³/mol. The van der Waals surface area contributed by atoms with Gasteiger partial charge >= 0.3 is 0 Å². The van der Waals surface area contributed by atoms with Gasteiger partial charge < -0.3 is 19.7 Å². The number of fused-ring (bicyclic) bond motifs is 1. The Morgan fingerprint density at radius 3 is 2.71 bits per heavy atom. The third kappa shape index (κ3) is 4.55. The molecule has 4 rings (SSSR count). The van der Waals surface area contributed by atoms with Crippen LogP contribution in [0.3, 0.4) is 0 Å². The van der Waals surface area contributed by atoms with Crippen LogP contribution in [0.2, 0.25) is 0 Å². The summed E-state index contributed by atoms with van der Waals surface area (Å²) in [6, 6.07) is 9.62. The largest absolute Gasteiger partial charge is 0.493 e.